The van der Waals surface area contributed by atoms with Gasteiger partial charge in [0.1, 0.15) is 5.82 Å². The lowest BCUT2D eigenvalue weighted by Gasteiger charge is -2.25. The SMILES string of the molecule is Cc1ccc2nccc(N3CCCN(C(=O)c4ccccc4F)CC3)c2c1. The van der Waals surface area contributed by atoms with Crippen LogP contribution < -0.4 is 4.90 Å². The number of fused-ring (bicyclic) bond motifs is 1. The minimum absolute atomic E-state index is 0.149. The summed E-state index contributed by atoms with van der Waals surface area (Å²) in [5.74, 6) is -0.690. The Morgan fingerprint density at radius 1 is 1.04 bits per heavy atom. The summed E-state index contributed by atoms with van der Waals surface area (Å²) < 4.78 is 14.0. The van der Waals surface area contributed by atoms with E-state index in [4.69, 9.17) is 0 Å². The number of aromatic nitrogens is 1. The van der Waals surface area contributed by atoms with Gasteiger partial charge < -0.3 is 9.80 Å². The van der Waals surface area contributed by atoms with Gasteiger partial charge in [-0.15, -0.1) is 0 Å². The second-order valence-electron chi connectivity index (χ2n) is 6.96. The van der Waals surface area contributed by atoms with E-state index in [0.717, 1.165) is 29.6 Å². The van der Waals surface area contributed by atoms with Gasteiger partial charge in [0, 0.05) is 43.4 Å². The van der Waals surface area contributed by atoms with Gasteiger partial charge in [0.2, 0.25) is 0 Å². The number of rotatable bonds is 2. The molecule has 2 aromatic carbocycles. The van der Waals surface area contributed by atoms with Gasteiger partial charge >= 0.3 is 0 Å². The zero-order valence-electron chi connectivity index (χ0n) is 15.4. The van der Waals surface area contributed by atoms with Crippen LogP contribution in [0.4, 0.5) is 10.1 Å². The van der Waals surface area contributed by atoms with Crippen LogP contribution in [0.1, 0.15) is 22.3 Å². The van der Waals surface area contributed by atoms with Crippen LogP contribution in [0.25, 0.3) is 10.9 Å². The Morgan fingerprint density at radius 2 is 1.89 bits per heavy atom. The highest BCUT2D eigenvalue weighted by atomic mass is 19.1. The van der Waals surface area contributed by atoms with Crippen LogP contribution in [0.5, 0.6) is 0 Å². The molecule has 0 N–H and O–H groups in total. The van der Waals surface area contributed by atoms with Crippen molar-refractivity contribution in [2.24, 2.45) is 0 Å². The summed E-state index contributed by atoms with van der Waals surface area (Å²) in [6.45, 7) is 4.85. The van der Waals surface area contributed by atoms with Crippen LogP contribution in [0.2, 0.25) is 0 Å². The Bertz CT molecular complexity index is 988. The van der Waals surface area contributed by atoms with E-state index < -0.39 is 5.82 Å². The summed E-state index contributed by atoms with van der Waals surface area (Å²) >= 11 is 0. The standard InChI is InChI=1S/C22H22FN3O/c1-16-7-8-20-18(15-16)21(9-10-24-20)25-11-4-12-26(14-13-25)22(27)17-5-2-3-6-19(17)23/h2-3,5-10,15H,4,11-14H2,1H3. The zero-order valence-corrected chi connectivity index (χ0v) is 15.4. The molecule has 138 valence electrons. The van der Waals surface area contributed by atoms with Crippen molar-refractivity contribution in [2.75, 3.05) is 31.1 Å². The van der Waals surface area contributed by atoms with Gasteiger partial charge in [-0.3, -0.25) is 9.78 Å². The second-order valence-corrected chi connectivity index (χ2v) is 6.96. The Kier molecular flexibility index (Phi) is 4.75. The van der Waals surface area contributed by atoms with Gasteiger partial charge in [-0.05, 0) is 43.7 Å². The highest BCUT2D eigenvalue weighted by Crippen LogP contribution is 2.27. The molecule has 0 atom stereocenters. The summed E-state index contributed by atoms with van der Waals surface area (Å²) in [6, 6.07) is 14.5. The first-order valence-electron chi connectivity index (χ1n) is 9.27. The van der Waals surface area contributed by atoms with Crippen LogP contribution >= 0.6 is 0 Å². The Morgan fingerprint density at radius 3 is 2.74 bits per heavy atom. The third-order valence-electron chi connectivity index (χ3n) is 5.10. The molecule has 1 aliphatic heterocycles. The highest BCUT2D eigenvalue weighted by Gasteiger charge is 2.23. The monoisotopic (exact) mass is 363 g/mol. The lowest BCUT2D eigenvalue weighted by atomic mass is 10.1. The Balaban J connectivity index is 1.57. The molecule has 3 aromatic rings. The molecule has 4 rings (SSSR count). The smallest absolute Gasteiger partial charge is 0.256 e. The highest BCUT2D eigenvalue weighted by molar-refractivity contribution is 5.95. The number of carbonyl (C=O) groups excluding carboxylic acids is 1. The van der Waals surface area contributed by atoms with Crippen molar-refractivity contribution in [1.29, 1.82) is 0 Å². The second kappa shape index (κ2) is 7.35. The first-order chi connectivity index (χ1) is 13.1. The molecular formula is C22H22FN3O. The maximum absolute atomic E-state index is 14.0. The van der Waals surface area contributed by atoms with Crippen LogP contribution in [-0.2, 0) is 0 Å². The van der Waals surface area contributed by atoms with E-state index in [2.05, 4.69) is 28.9 Å². The molecule has 1 aliphatic rings. The number of hydrogen-bond donors (Lipinski definition) is 0. The van der Waals surface area contributed by atoms with Gasteiger partial charge in [-0.25, -0.2) is 4.39 Å². The van der Waals surface area contributed by atoms with Crippen molar-refractivity contribution in [3.8, 4) is 0 Å². The van der Waals surface area contributed by atoms with Gasteiger partial charge in [0.15, 0.2) is 0 Å². The number of pyridine rings is 1. The molecule has 0 radical (unpaired) electrons. The predicted molar refractivity (Wildman–Crippen MR) is 106 cm³/mol. The molecule has 1 amide bonds. The number of hydrogen-bond acceptors (Lipinski definition) is 3. The number of carbonyl (C=O) groups is 1. The fourth-order valence-electron chi connectivity index (χ4n) is 3.69. The van der Waals surface area contributed by atoms with Gasteiger partial charge in [0.05, 0.1) is 11.1 Å². The molecule has 4 nitrogen and oxygen atoms in total. The lowest BCUT2D eigenvalue weighted by Crippen LogP contribution is -2.35. The average Bonchev–Trinajstić information content (AvgIpc) is 2.93. The minimum Gasteiger partial charge on any atom is -0.369 e. The average molecular weight is 363 g/mol. The molecule has 1 fully saturated rings. The van der Waals surface area contributed by atoms with Gasteiger partial charge in [0.25, 0.3) is 5.91 Å². The Hall–Kier alpha value is -2.95. The third kappa shape index (κ3) is 3.50. The molecule has 1 saturated heterocycles. The van der Waals surface area contributed by atoms with E-state index in [-0.39, 0.29) is 11.5 Å². The van der Waals surface area contributed by atoms with E-state index in [0.29, 0.717) is 19.6 Å². The molecule has 1 aromatic heterocycles. The molecule has 0 bridgehead atoms. The van der Waals surface area contributed by atoms with Gasteiger partial charge in [-0.2, -0.15) is 0 Å². The van der Waals surface area contributed by atoms with Crippen molar-refractivity contribution in [1.82, 2.24) is 9.88 Å². The molecule has 0 unspecified atom stereocenters. The van der Waals surface area contributed by atoms with Gasteiger partial charge in [-0.1, -0.05) is 23.8 Å². The number of halogens is 1. The lowest BCUT2D eigenvalue weighted by molar-refractivity contribution is 0.0762. The molecule has 0 saturated carbocycles. The largest absolute Gasteiger partial charge is 0.369 e. The minimum atomic E-state index is -0.459. The molecule has 0 spiro atoms. The number of aryl methyl sites for hydroxylation is 1. The van der Waals surface area contributed by atoms with E-state index >= 15 is 0 Å². The summed E-state index contributed by atoms with van der Waals surface area (Å²) in [5, 5.41) is 1.13. The number of amides is 1. The maximum Gasteiger partial charge on any atom is 0.256 e. The quantitative estimate of drug-likeness (QED) is 0.690. The first-order valence-corrected chi connectivity index (χ1v) is 9.27. The Labute approximate surface area is 158 Å². The normalized spacial score (nSPS) is 15.0. The fourth-order valence-corrected chi connectivity index (χ4v) is 3.69. The number of nitrogens with zero attached hydrogens (tertiary/aromatic N) is 3. The zero-order chi connectivity index (χ0) is 18.8. The maximum atomic E-state index is 14.0. The summed E-state index contributed by atoms with van der Waals surface area (Å²) in [6.07, 6.45) is 2.68. The van der Waals surface area contributed by atoms with Crippen molar-refractivity contribution in [3.63, 3.8) is 0 Å². The first kappa shape index (κ1) is 17.5. The molecule has 2 heterocycles. The topological polar surface area (TPSA) is 36.4 Å². The number of anilines is 1. The van der Waals surface area contributed by atoms with E-state index in [9.17, 15) is 9.18 Å². The summed E-state index contributed by atoms with van der Waals surface area (Å²) in [5.41, 5.74) is 3.46. The molecule has 0 aliphatic carbocycles. The molecule has 27 heavy (non-hydrogen) atoms. The van der Waals surface area contributed by atoms with Crippen molar-refractivity contribution in [3.05, 3.63) is 71.7 Å². The van der Waals surface area contributed by atoms with Crippen LogP contribution in [0.15, 0.2) is 54.7 Å². The summed E-state index contributed by atoms with van der Waals surface area (Å²) in [7, 11) is 0. The van der Waals surface area contributed by atoms with E-state index in [1.165, 1.54) is 11.6 Å². The fraction of sp³-hybridized carbons (Fsp3) is 0.273. The summed E-state index contributed by atoms with van der Waals surface area (Å²) in [4.78, 5) is 21.3. The predicted octanol–water partition coefficient (Wildman–Crippen LogP) is 4.03. The molecule has 5 heteroatoms. The van der Waals surface area contributed by atoms with Crippen molar-refractivity contribution >= 4 is 22.5 Å². The van der Waals surface area contributed by atoms with Crippen molar-refractivity contribution in [2.45, 2.75) is 13.3 Å². The number of benzene rings is 2. The van der Waals surface area contributed by atoms with Crippen molar-refractivity contribution < 1.29 is 9.18 Å². The third-order valence-corrected chi connectivity index (χ3v) is 5.10. The van der Waals surface area contributed by atoms with Crippen LogP contribution in [0, 0.1) is 12.7 Å². The van der Waals surface area contributed by atoms with Crippen LogP contribution in [0.3, 0.4) is 0 Å². The van der Waals surface area contributed by atoms with E-state index in [1.54, 1.807) is 23.1 Å². The van der Waals surface area contributed by atoms with Crippen LogP contribution in [-0.4, -0.2) is 42.0 Å². The van der Waals surface area contributed by atoms with E-state index in [1.807, 2.05) is 18.3 Å². The molecular weight excluding hydrogens is 341 g/mol.